The van der Waals surface area contributed by atoms with Crippen LogP contribution >= 0.6 is 0 Å². The molecular weight excluding hydrogens is 212 g/mol. The normalized spacial score (nSPS) is 9.80. The number of benzene rings is 1. The summed E-state index contributed by atoms with van der Waals surface area (Å²) in [4.78, 5) is 20.3. The van der Waals surface area contributed by atoms with Crippen molar-refractivity contribution in [2.24, 2.45) is 0 Å². The van der Waals surface area contributed by atoms with Crippen LogP contribution in [0.1, 0.15) is 10.4 Å². The molecule has 0 atom stereocenters. The van der Waals surface area contributed by atoms with Gasteiger partial charge in [-0.1, -0.05) is 0 Å². The van der Waals surface area contributed by atoms with Crippen LogP contribution < -0.4 is 0 Å². The Morgan fingerprint density at radius 1 is 1.47 bits per heavy atom. The molecule has 0 aliphatic heterocycles. The number of nitro groups is 1. The molecule has 0 spiro atoms. The number of carbonyl (C=O) groups excluding carboxylic acids is 1. The summed E-state index contributed by atoms with van der Waals surface area (Å²) in [6, 6.07) is 0.828. The van der Waals surface area contributed by atoms with Gasteiger partial charge in [-0.2, -0.15) is 0 Å². The van der Waals surface area contributed by atoms with E-state index in [1.165, 1.54) is 0 Å². The molecule has 0 amide bonds. The van der Waals surface area contributed by atoms with Crippen molar-refractivity contribution in [2.45, 2.75) is 0 Å². The molecule has 1 aromatic carbocycles. The maximum atomic E-state index is 13.1. The predicted octanol–water partition coefficient (Wildman–Crippen LogP) is 1.66. The van der Waals surface area contributed by atoms with E-state index in [9.17, 15) is 23.7 Å². The Labute approximate surface area is 82.4 Å². The van der Waals surface area contributed by atoms with E-state index in [4.69, 9.17) is 0 Å². The molecular formula is C8H5F2NO4. The zero-order chi connectivity index (χ0) is 11.6. The number of ether oxygens (including phenoxy) is 1. The number of carbonyl (C=O) groups is 1. The first kappa shape index (κ1) is 11.0. The van der Waals surface area contributed by atoms with Crippen LogP contribution in [0.5, 0.6) is 0 Å². The Hall–Kier alpha value is -2.05. The van der Waals surface area contributed by atoms with Crippen molar-refractivity contribution >= 4 is 11.7 Å². The number of halogens is 2. The Balaban J connectivity index is 3.46. The van der Waals surface area contributed by atoms with Gasteiger partial charge in [-0.25, -0.2) is 13.6 Å². The van der Waals surface area contributed by atoms with E-state index in [1.807, 2.05) is 0 Å². The van der Waals surface area contributed by atoms with E-state index in [-0.39, 0.29) is 0 Å². The first-order chi connectivity index (χ1) is 6.97. The van der Waals surface area contributed by atoms with Crippen LogP contribution in [0, 0.1) is 21.7 Å². The zero-order valence-electron chi connectivity index (χ0n) is 7.49. The first-order valence-corrected chi connectivity index (χ1v) is 3.69. The molecule has 0 saturated carbocycles. The summed E-state index contributed by atoms with van der Waals surface area (Å²) in [6.45, 7) is 0. The maximum Gasteiger partial charge on any atom is 0.347 e. The van der Waals surface area contributed by atoms with Gasteiger partial charge in [0.2, 0.25) is 0 Å². The number of esters is 1. The smallest absolute Gasteiger partial charge is 0.347 e. The van der Waals surface area contributed by atoms with Crippen molar-refractivity contribution in [3.8, 4) is 0 Å². The fraction of sp³-hybridized carbons (Fsp3) is 0.125. The average Bonchev–Trinajstić information content (AvgIpc) is 2.15. The van der Waals surface area contributed by atoms with E-state index >= 15 is 0 Å². The Morgan fingerprint density at radius 2 is 2.07 bits per heavy atom. The number of rotatable bonds is 2. The minimum absolute atomic E-state index is 0.374. The van der Waals surface area contributed by atoms with Gasteiger partial charge in [-0.3, -0.25) is 10.1 Å². The second-order valence-electron chi connectivity index (χ2n) is 2.53. The summed E-state index contributed by atoms with van der Waals surface area (Å²) in [6.07, 6.45) is 0. The third kappa shape index (κ3) is 2.06. The van der Waals surface area contributed by atoms with E-state index < -0.39 is 33.8 Å². The molecule has 1 aromatic rings. The van der Waals surface area contributed by atoms with Crippen molar-refractivity contribution in [3.05, 3.63) is 39.4 Å². The molecule has 0 unspecified atom stereocenters. The quantitative estimate of drug-likeness (QED) is 0.429. The van der Waals surface area contributed by atoms with E-state index in [0.717, 1.165) is 7.11 Å². The Kier molecular flexibility index (Phi) is 2.93. The minimum atomic E-state index is -1.33. The fourth-order valence-corrected chi connectivity index (χ4v) is 1.01. The highest BCUT2D eigenvalue weighted by atomic mass is 19.1. The SMILES string of the molecule is COC(=O)c1c(F)cc(F)cc1[N+](=O)[O-]. The number of nitrogens with zero attached hydrogens (tertiary/aromatic N) is 1. The van der Waals surface area contributed by atoms with Gasteiger partial charge in [0.15, 0.2) is 5.56 Å². The molecule has 0 radical (unpaired) electrons. The highest BCUT2D eigenvalue weighted by Gasteiger charge is 2.26. The lowest BCUT2D eigenvalue weighted by Gasteiger charge is -2.02. The second kappa shape index (κ2) is 3.99. The van der Waals surface area contributed by atoms with Gasteiger partial charge in [0.05, 0.1) is 18.1 Å². The Bertz CT molecular complexity index is 433. The minimum Gasteiger partial charge on any atom is -0.465 e. The third-order valence-corrected chi connectivity index (χ3v) is 1.62. The lowest BCUT2D eigenvalue weighted by Crippen LogP contribution is -2.09. The molecule has 0 heterocycles. The summed E-state index contributed by atoms with van der Waals surface area (Å²) < 4.78 is 29.8. The van der Waals surface area contributed by atoms with Gasteiger partial charge < -0.3 is 4.74 Å². The van der Waals surface area contributed by atoms with Gasteiger partial charge in [-0.05, 0) is 0 Å². The first-order valence-electron chi connectivity index (χ1n) is 3.69. The van der Waals surface area contributed by atoms with Crippen LogP contribution in [0.25, 0.3) is 0 Å². The number of hydrogen-bond donors (Lipinski definition) is 0. The van der Waals surface area contributed by atoms with Gasteiger partial charge in [0.1, 0.15) is 11.6 Å². The lowest BCUT2D eigenvalue weighted by molar-refractivity contribution is -0.385. The lowest BCUT2D eigenvalue weighted by atomic mass is 10.1. The summed E-state index contributed by atoms with van der Waals surface area (Å²) in [7, 11) is 0.939. The van der Waals surface area contributed by atoms with Crippen molar-refractivity contribution in [1.29, 1.82) is 0 Å². The summed E-state index contributed by atoms with van der Waals surface area (Å²) in [5.74, 6) is -3.68. The van der Waals surface area contributed by atoms with Crippen LogP contribution in [-0.2, 0) is 4.74 Å². The topological polar surface area (TPSA) is 69.4 Å². The molecule has 80 valence electrons. The summed E-state index contributed by atoms with van der Waals surface area (Å²) >= 11 is 0. The highest BCUT2D eigenvalue weighted by Crippen LogP contribution is 2.23. The van der Waals surface area contributed by atoms with Crippen LogP contribution in [0.2, 0.25) is 0 Å². The molecule has 5 nitrogen and oxygen atoms in total. The van der Waals surface area contributed by atoms with Crippen molar-refractivity contribution in [2.75, 3.05) is 7.11 Å². The summed E-state index contributed by atoms with van der Waals surface area (Å²) in [5.41, 5.74) is -1.84. The molecule has 0 saturated heterocycles. The third-order valence-electron chi connectivity index (χ3n) is 1.62. The van der Waals surface area contributed by atoms with E-state index in [0.29, 0.717) is 12.1 Å². The highest BCUT2D eigenvalue weighted by molar-refractivity contribution is 5.94. The van der Waals surface area contributed by atoms with Gasteiger partial charge in [0, 0.05) is 6.07 Å². The fourth-order valence-electron chi connectivity index (χ4n) is 1.01. The maximum absolute atomic E-state index is 13.1. The monoisotopic (exact) mass is 217 g/mol. The van der Waals surface area contributed by atoms with Gasteiger partial charge in [0.25, 0.3) is 5.69 Å². The van der Waals surface area contributed by atoms with Crippen molar-refractivity contribution in [3.63, 3.8) is 0 Å². The molecule has 15 heavy (non-hydrogen) atoms. The van der Waals surface area contributed by atoms with Crippen LogP contribution in [0.4, 0.5) is 14.5 Å². The molecule has 0 aliphatic carbocycles. The van der Waals surface area contributed by atoms with Crippen molar-refractivity contribution in [1.82, 2.24) is 0 Å². The second-order valence-corrected chi connectivity index (χ2v) is 2.53. The predicted molar refractivity (Wildman–Crippen MR) is 44.4 cm³/mol. The Morgan fingerprint density at radius 3 is 2.53 bits per heavy atom. The standard InChI is InChI=1S/C8H5F2NO4/c1-15-8(12)7-5(10)2-4(9)3-6(7)11(13)14/h2-3H,1H3. The van der Waals surface area contributed by atoms with E-state index in [1.54, 1.807) is 0 Å². The molecule has 0 aromatic heterocycles. The number of hydrogen-bond acceptors (Lipinski definition) is 4. The summed E-state index contributed by atoms with van der Waals surface area (Å²) in [5, 5.41) is 10.4. The van der Waals surface area contributed by atoms with Crippen LogP contribution in [-0.4, -0.2) is 18.0 Å². The average molecular weight is 217 g/mol. The molecule has 0 fully saturated rings. The van der Waals surface area contributed by atoms with Gasteiger partial charge >= 0.3 is 5.97 Å². The molecule has 1 rings (SSSR count). The number of nitro benzene ring substituents is 1. The largest absolute Gasteiger partial charge is 0.465 e. The zero-order valence-corrected chi connectivity index (χ0v) is 7.49. The molecule has 0 aliphatic rings. The van der Waals surface area contributed by atoms with Gasteiger partial charge in [-0.15, -0.1) is 0 Å². The molecule has 7 heteroatoms. The van der Waals surface area contributed by atoms with Crippen LogP contribution in [0.15, 0.2) is 12.1 Å². The molecule has 0 bridgehead atoms. The van der Waals surface area contributed by atoms with Crippen molar-refractivity contribution < 1.29 is 23.2 Å². The number of methoxy groups -OCH3 is 1. The molecule has 0 N–H and O–H groups in total. The van der Waals surface area contributed by atoms with Crippen LogP contribution in [0.3, 0.4) is 0 Å². The van der Waals surface area contributed by atoms with E-state index in [2.05, 4.69) is 4.74 Å².